The summed E-state index contributed by atoms with van der Waals surface area (Å²) in [7, 11) is 2.27. The summed E-state index contributed by atoms with van der Waals surface area (Å²) in [4.78, 5) is 2.53. The highest BCUT2D eigenvalue weighted by atomic mass is 79.9. The van der Waals surface area contributed by atoms with Crippen LogP contribution in [0.2, 0.25) is 0 Å². The van der Waals surface area contributed by atoms with Gasteiger partial charge in [0.15, 0.2) is 0 Å². The van der Waals surface area contributed by atoms with Gasteiger partial charge in [0.05, 0.1) is 0 Å². The van der Waals surface area contributed by atoms with Crippen LogP contribution in [0.25, 0.3) is 0 Å². The van der Waals surface area contributed by atoms with Crippen LogP contribution >= 0.6 is 15.9 Å². The largest absolute Gasteiger partial charge is 0.383 e. The Morgan fingerprint density at radius 3 is 2.84 bits per heavy atom. The fourth-order valence-electron chi connectivity index (χ4n) is 2.96. The van der Waals surface area contributed by atoms with Gasteiger partial charge in [0.2, 0.25) is 0 Å². The van der Waals surface area contributed by atoms with Crippen LogP contribution in [0.5, 0.6) is 0 Å². The lowest BCUT2D eigenvalue weighted by Crippen LogP contribution is -2.38. The number of hydrogen-bond donors (Lipinski definition) is 1. The molecule has 0 amide bonds. The molecule has 1 aliphatic rings. The van der Waals surface area contributed by atoms with Crippen LogP contribution in [0.4, 0.5) is 5.69 Å². The van der Waals surface area contributed by atoms with Crippen LogP contribution in [0.1, 0.15) is 32.6 Å². The van der Waals surface area contributed by atoms with Crippen LogP contribution < -0.4 is 5.32 Å². The molecule has 3 heteroatoms. The normalized spacial score (nSPS) is 23.6. The Morgan fingerprint density at radius 2 is 2.11 bits per heavy atom. The van der Waals surface area contributed by atoms with E-state index in [4.69, 9.17) is 0 Å². The van der Waals surface area contributed by atoms with Crippen LogP contribution in [-0.2, 0) is 0 Å². The summed E-state index contributed by atoms with van der Waals surface area (Å²) in [6.45, 7) is 4.50. The number of anilines is 1. The van der Waals surface area contributed by atoms with Gasteiger partial charge in [0, 0.05) is 29.3 Å². The van der Waals surface area contributed by atoms with Gasteiger partial charge in [-0.25, -0.2) is 0 Å². The number of likely N-dealkylation sites (N-methyl/N-ethyl adjacent to an activating group) is 1. The zero-order valence-corrected chi connectivity index (χ0v) is 13.6. The molecule has 1 fully saturated rings. The van der Waals surface area contributed by atoms with Gasteiger partial charge in [-0.3, -0.25) is 0 Å². The van der Waals surface area contributed by atoms with Crippen LogP contribution in [0.15, 0.2) is 28.7 Å². The number of nitrogens with zero attached hydrogens (tertiary/aromatic N) is 1. The fraction of sp³-hybridized carbons (Fsp3) is 0.625. The molecular weight excluding hydrogens is 300 g/mol. The third-order valence-corrected chi connectivity index (χ3v) is 4.88. The Kier molecular flexibility index (Phi) is 5.71. The molecular formula is C16H25BrN2. The van der Waals surface area contributed by atoms with Gasteiger partial charge in [-0.1, -0.05) is 31.9 Å². The van der Waals surface area contributed by atoms with Gasteiger partial charge < -0.3 is 10.2 Å². The average molecular weight is 325 g/mol. The Labute approximate surface area is 125 Å². The molecule has 0 aliphatic heterocycles. The van der Waals surface area contributed by atoms with Crippen molar-refractivity contribution >= 4 is 21.6 Å². The predicted molar refractivity (Wildman–Crippen MR) is 86.7 cm³/mol. The number of benzene rings is 1. The highest BCUT2D eigenvalue weighted by Gasteiger charge is 2.21. The standard InChI is InChI=1S/C16H25BrN2/c1-13-6-5-7-14(12-13)19(2)11-10-18-16-9-4-3-8-15(16)17/h3-4,8-9,13-14,18H,5-7,10-12H2,1-2H3. The molecule has 1 aliphatic carbocycles. The van der Waals surface area contributed by atoms with Crippen LogP contribution in [0.3, 0.4) is 0 Å². The summed E-state index contributed by atoms with van der Waals surface area (Å²) in [5.41, 5.74) is 1.19. The van der Waals surface area contributed by atoms with Crippen molar-refractivity contribution in [2.24, 2.45) is 5.92 Å². The first-order chi connectivity index (χ1) is 9.16. The van der Waals surface area contributed by atoms with E-state index in [9.17, 15) is 0 Å². The van der Waals surface area contributed by atoms with Crippen molar-refractivity contribution in [2.45, 2.75) is 38.6 Å². The molecule has 2 nitrogen and oxygen atoms in total. The summed E-state index contributed by atoms with van der Waals surface area (Å²) in [5.74, 6) is 0.900. The van der Waals surface area contributed by atoms with E-state index in [0.717, 1.165) is 29.5 Å². The molecule has 2 rings (SSSR count). The molecule has 1 aromatic rings. The van der Waals surface area contributed by atoms with Crippen molar-refractivity contribution in [2.75, 3.05) is 25.5 Å². The molecule has 2 unspecified atom stereocenters. The third-order valence-electron chi connectivity index (χ3n) is 4.19. The fourth-order valence-corrected chi connectivity index (χ4v) is 3.38. The van der Waals surface area contributed by atoms with Gasteiger partial charge in [0.1, 0.15) is 0 Å². The van der Waals surface area contributed by atoms with Gasteiger partial charge in [-0.15, -0.1) is 0 Å². The monoisotopic (exact) mass is 324 g/mol. The van der Waals surface area contributed by atoms with E-state index in [1.54, 1.807) is 0 Å². The Hall–Kier alpha value is -0.540. The second kappa shape index (κ2) is 7.30. The average Bonchev–Trinajstić information content (AvgIpc) is 2.41. The summed E-state index contributed by atoms with van der Waals surface area (Å²) < 4.78 is 1.14. The van der Waals surface area contributed by atoms with Gasteiger partial charge in [-0.2, -0.15) is 0 Å². The second-order valence-corrected chi connectivity index (χ2v) is 6.67. The van der Waals surface area contributed by atoms with Crippen molar-refractivity contribution < 1.29 is 0 Å². The molecule has 19 heavy (non-hydrogen) atoms. The number of para-hydroxylation sites is 1. The predicted octanol–water partition coefficient (Wildman–Crippen LogP) is 4.37. The molecule has 106 valence electrons. The molecule has 1 aromatic carbocycles. The van der Waals surface area contributed by atoms with Crippen LogP contribution in [-0.4, -0.2) is 31.1 Å². The summed E-state index contributed by atoms with van der Waals surface area (Å²) in [6.07, 6.45) is 5.55. The quantitative estimate of drug-likeness (QED) is 0.865. The zero-order chi connectivity index (χ0) is 13.7. The van der Waals surface area contributed by atoms with Crippen molar-refractivity contribution in [3.63, 3.8) is 0 Å². The van der Waals surface area contributed by atoms with Crippen LogP contribution in [0, 0.1) is 5.92 Å². The van der Waals surface area contributed by atoms with Gasteiger partial charge in [0.25, 0.3) is 0 Å². The highest BCUT2D eigenvalue weighted by Crippen LogP contribution is 2.26. The third kappa shape index (κ3) is 4.50. The SMILES string of the molecule is CC1CCCC(N(C)CCNc2ccccc2Br)C1. The van der Waals surface area contributed by atoms with Gasteiger partial charge >= 0.3 is 0 Å². The minimum atomic E-state index is 0.782. The topological polar surface area (TPSA) is 15.3 Å². The second-order valence-electron chi connectivity index (χ2n) is 5.81. The van der Waals surface area contributed by atoms with E-state index < -0.39 is 0 Å². The molecule has 1 saturated carbocycles. The molecule has 0 heterocycles. The maximum absolute atomic E-state index is 3.57. The summed E-state index contributed by atoms with van der Waals surface area (Å²) in [5, 5.41) is 3.51. The summed E-state index contributed by atoms with van der Waals surface area (Å²) >= 11 is 3.57. The van der Waals surface area contributed by atoms with E-state index in [2.05, 4.69) is 58.3 Å². The molecule has 2 atom stereocenters. The lowest BCUT2D eigenvalue weighted by molar-refractivity contribution is 0.169. The zero-order valence-electron chi connectivity index (χ0n) is 12.0. The Morgan fingerprint density at radius 1 is 1.32 bits per heavy atom. The van der Waals surface area contributed by atoms with Gasteiger partial charge in [-0.05, 0) is 53.9 Å². The molecule has 1 N–H and O–H groups in total. The first-order valence-corrected chi connectivity index (χ1v) is 8.14. The number of halogens is 1. The number of rotatable bonds is 5. The van der Waals surface area contributed by atoms with E-state index in [1.807, 2.05) is 6.07 Å². The van der Waals surface area contributed by atoms with E-state index in [1.165, 1.54) is 31.4 Å². The maximum atomic E-state index is 3.57. The smallest absolute Gasteiger partial charge is 0.0485 e. The number of hydrogen-bond acceptors (Lipinski definition) is 2. The van der Waals surface area contributed by atoms with Crippen molar-refractivity contribution in [1.29, 1.82) is 0 Å². The Bertz CT molecular complexity index is 394. The highest BCUT2D eigenvalue weighted by molar-refractivity contribution is 9.10. The lowest BCUT2D eigenvalue weighted by Gasteiger charge is -2.34. The Balaban J connectivity index is 1.74. The van der Waals surface area contributed by atoms with Crippen molar-refractivity contribution in [1.82, 2.24) is 4.90 Å². The first-order valence-electron chi connectivity index (χ1n) is 7.35. The summed E-state index contributed by atoms with van der Waals surface area (Å²) in [6, 6.07) is 9.09. The molecule has 0 aromatic heterocycles. The lowest BCUT2D eigenvalue weighted by atomic mass is 9.86. The molecule has 0 spiro atoms. The minimum Gasteiger partial charge on any atom is -0.383 e. The number of nitrogens with one attached hydrogen (secondary N) is 1. The van der Waals surface area contributed by atoms with E-state index in [0.29, 0.717) is 0 Å². The molecule has 0 radical (unpaired) electrons. The molecule has 0 bridgehead atoms. The van der Waals surface area contributed by atoms with E-state index in [-0.39, 0.29) is 0 Å². The van der Waals surface area contributed by atoms with Crippen molar-refractivity contribution in [3.05, 3.63) is 28.7 Å². The van der Waals surface area contributed by atoms with E-state index >= 15 is 0 Å². The minimum absolute atomic E-state index is 0.782. The maximum Gasteiger partial charge on any atom is 0.0485 e. The first kappa shape index (κ1) is 14.9. The molecule has 0 saturated heterocycles. The van der Waals surface area contributed by atoms with Crippen molar-refractivity contribution in [3.8, 4) is 0 Å².